The van der Waals surface area contributed by atoms with Crippen molar-refractivity contribution < 1.29 is 4.42 Å². The largest absolute Gasteiger partial charge is 0.473 e. The number of rotatable bonds is 1. The first-order valence-corrected chi connectivity index (χ1v) is 8.24. The number of hydrogen-bond acceptors (Lipinski definition) is 1. The average Bonchev–Trinajstić information content (AvgIpc) is 3.13. The van der Waals surface area contributed by atoms with Crippen molar-refractivity contribution in [3.8, 4) is 0 Å². The Morgan fingerprint density at radius 2 is 1.14 bits per heavy atom. The van der Waals surface area contributed by atoms with E-state index < -0.39 is 0 Å². The first-order chi connectivity index (χ1) is 10.2. The van der Waals surface area contributed by atoms with Gasteiger partial charge >= 0.3 is 0 Å². The molecule has 0 aliphatic rings. The summed E-state index contributed by atoms with van der Waals surface area (Å²) in [6.07, 6.45) is 4.50. The van der Waals surface area contributed by atoms with Crippen molar-refractivity contribution in [2.75, 3.05) is 0 Å². The highest BCUT2D eigenvalue weighted by molar-refractivity contribution is 6.70. The van der Waals surface area contributed by atoms with Crippen LogP contribution in [0.4, 0.5) is 0 Å². The monoisotopic (exact) mass is 290 g/mol. The Kier molecular flexibility index (Phi) is 27.7. The van der Waals surface area contributed by atoms with Crippen LogP contribution in [0.1, 0.15) is 48.0 Å². The van der Waals surface area contributed by atoms with E-state index in [-0.39, 0.29) is 0 Å². The molecule has 0 bridgehead atoms. The second-order valence-corrected chi connectivity index (χ2v) is 4.07. The second kappa shape index (κ2) is 23.6. The van der Waals surface area contributed by atoms with E-state index in [4.69, 9.17) is 0 Å². The maximum Gasteiger partial charge on any atom is 0.169 e. The summed E-state index contributed by atoms with van der Waals surface area (Å²) >= 11 is 0. The summed E-state index contributed by atoms with van der Waals surface area (Å²) in [6, 6.07) is 14.2. The third-order valence-corrected chi connectivity index (χ3v) is 1.89. The minimum Gasteiger partial charge on any atom is -0.473 e. The van der Waals surface area contributed by atoms with Crippen LogP contribution in [0.3, 0.4) is 0 Å². The minimum absolute atomic E-state index is 0.659. The molecule has 1 aromatic heterocycles. The van der Waals surface area contributed by atoms with Crippen LogP contribution in [0.5, 0.6) is 0 Å². The maximum atomic E-state index is 4.58. The zero-order valence-electron chi connectivity index (χ0n) is 15.4. The van der Waals surface area contributed by atoms with Gasteiger partial charge in [0.05, 0.1) is 12.5 Å². The minimum atomic E-state index is 0.659. The van der Waals surface area contributed by atoms with E-state index in [1.165, 1.54) is 11.9 Å². The fourth-order valence-corrected chi connectivity index (χ4v) is 1.06. The molecule has 0 unspecified atom stereocenters. The van der Waals surface area contributed by atoms with Crippen LogP contribution in [0.15, 0.2) is 59.4 Å². The molecule has 1 heterocycles. The van der Waals surface area contributed by atoms with Gasteiger partial charge in [0.15, 0.2) is 6.71 Å². The zero-order valence-corrected chi connectivity index (χ0v) is 15.4. The Morgan fingerprint density at radius 1 is 0.762 bits per heavy atom. The van der Waals surface area contributed by atoms with Crippen molar-refractivity contribution in [3.05, 3.63) is 55.0 Å². The Hall–Kier alpha value is -1.44. The maximum absolute atomic E-state index is 4.58. The van der Waals surface area contributed by atoms with Gasteiger partial charge in [-0.25, -0.2) is 0 Å². The molecular formula is C19H35BO. The third-order valence-electron chi connectivity index (χ3n) is 1.89. The van der Waals surface area contributed by atoms with Gasteiger partial charge in [0.1, 0.15) is 0 Å². The Balaban J connectivity index is -0.000000230. The number of furan rings is 1. The molecule has 1 nitrogen and oxygen atoms in total. The van der Waals surface area contributed by atoms with Crippen molar-refractivity contribution in [3.63, 3.8) is 0 Å². The predicted molar refractivity (Wildman–Crippen MR) is 101 cm³/mol. The lowest BCUT2D eigenvalue weighted by atomic mass is 9.49. The topological polar surface area (TPSA) is 13.1 Å². The fraction of sp³-hybridized carbons (Fsp3) is 0.474. The third kappa shape index (κ3) is 21.0. The molecule has 0 fully saturated rings. The molecule has 0 spiro atoms. The predicted octanol–water partition coefficient (Wildman–Crippen LogP) is 6.40. The van der Waals surface area contributed by atoms with E-state index in [1.807, 2.05) is 45.9 Å². The van der Waals surface area contributed by atoms with Gasteiger partial charge in [0, 0.05) is 0 Å². The summed E-state index contributed by atoms with van der Waals surface area (Å²) in [4.78, 5) is 0. The van der Waals surface area contributed by atoms with Gasteiger partial charge in [0.25, 0.3) is 0 Å². The Bertz CT molecular complexity index is 311. The van der Waals surface area contributed by atoms with Gasteiger partial charge in [-0.15, -0.1) is 0 Å². The zero-order chi connectivity index (χ0) is 16.9. The van der Waals surface area contributed by atoms with Crippen molar-refractivity contribution in [1.29, 1.82) is 0 Å². The summed E-state index contributed by atoms with van der Waals surface area (Å²) in [5.74, 6) is 0. The van der Waals surface area contributed by atoms with Gasteiger partial charge < -0.3 is 4.42 Å². The normalized spacial score (nSPS) is 7.24. The molecule has 2 heteroatoms. The van der Waals surface area contributed by atoms with Crippen LogP contribution < -0.4 is 5.46 Å². The number of benzene rings is 1. The van der Waals surface area contributed by atoms with Crippen molar-refractivity contribution >= 4 is 12.2 Å². The van der Waals surface area contributed by atoms with Gasteiger partial charge in [0.2, 0.25) is 0 Å². The lowest BCUT2D eigenvalue weighted by Crippen LogP contribution is -2.21. The SMILES string of the molecule is CB(C)c1ccccc1.CC.CC.CCC.c1ccoc1. The van der Waals surface area contributed by atoms with Crippen LogP contribution in [-0.4, -0.2) is 6.71 Å². The first kappa shape index (κ1) is 24.6. The first-order valence-electron chi connectivity index (χ1n) is 8.24. The van der Waals surface area contributed by atoms with E-state index in [2.05, 4.69) is 56.2 Å². The summed E-state index contributed by atoms with van der Waals surface area (Å²) in [7, 11) is 0. The summed E-state index contributed by atoms with van der Waals surface area (Å²) < 4.78 is 4.58. The van der Waals surface area contributed by atoms with Crippen LogP contribution in [0.2, 0.25) is 13.6 Å². The molecule has 21 heavy (non-hydrogen) atoms. The fourth-order valence-electron chi connectivity index (χ4n) is 1.06. The molecule has 1 aromatic carbocycles. The summed E-state index contributed by atoms with van der Waals surface area (Å²) in [5, 5.41) is 0. The number of hydrogen-bond donors (Lipinski definition) is 0. The van der Waals surface area contributed by atoms with Crippen LogP contribution in [0.25, 0.3) is 0 Å². The summed E-state index contributed by atoms with van der Waals surface area (Å²) in [5.41, 5.74) is 1.41. The highest BCUT2D eigenvalue weighted by Gasteiger charge is 1.98. The van der Waals surface area contributed by atoms with Gasteiger partial charge in [-0.2, -0.15) is 0 Å². The highest BCUT2D eigenvalue weighted by Crippen LogP contribution is 1.86. The molecule has 0 radical (unpaired) electrons. The van der Waals surface area contributed by atoms with E-state index in [9.17, 15) is 0 Å². The molecule has 120 valence electrons. The van der Waals surface area contributed by atoms with E-state index >= 15 is 0 Å². The Labute approximate surface area is 133 Å². The lowest BCUT2D eigenvalue weighted by molar-refractivity contribution is 0.567. The van der Waals surface area contributed by atoms with Crippen molar-refractivity contribution in [2.45, 2.75) is 61.6 Å². The highest BCUT2D eigenvalue weighted by atomic mass is 16.3. The average molecular weight is 290 g/mol. The molecule has 0 aliphatic carbocycles. The van der Waals surface area contributed by atoms with Gasteiger partial charge in [-0.1, -0.05) is 97.4 Å². The summed E-state index contributed by atoms with van der Waals surface area (Å²) in [6.45, 7) is 17.3. The van der Waals surface area contributed by atoms with Crippen LogP contribution >= 0.6 is 0 Å². The standard InChI is InChI=1S/C8H11B.C4H4O.C3H8.2C2H6/c1-9(2)8-6-4-3-5-7-8;1-2-4-5-3-1;1-3-2;2*1-2/h3-7H,1-2H3;1-4H;3H2,1-2H3;2*1-2H3. The molecule has 2 aromatic rings. The van der Waals surface area contributed by atoms with Crippen molar-refractivity contribution in [2.24, 2.45) is 0 Å². The van der Waals surface area contributed by atoms with Gasteiger partial charge in [-0.3, -0.25) is 0 Å². The molecule has 0 atom stereocenters. The van der Waals surface area contributed by atoms with E-state index in [1.54, 1.807) is 12.5 Å². The molecule has 0 saturated carbocycles. The van der Waals surface area contributed by atoms with E-state index in [0.29, 0.717) is 6.71 Å². The molecule has 0 aliphatic heterocycles. The Morgan fingerprint density at radius 3 is 1.33 bits per heavy atom. The van der Waals surface area contributed by atoms with Crippen LogP contribution in [0, 0.1) is 0 Å². The van der Waals surface area contributed by atoms with E-state index in [0.717, 1.165) is 0 Å². The molecular weight excluding hydrogens is 255 g/mol. The van der Waals surface area contributed by atoms with Crippen LogP contribution in [-0.2, 0) is 0 Å². The lowest BCUT2D eigenvalue weighted by Gasteiger charge is -1.98. The van der Waals surface area contributed by atoms with Crippen molar-refractivity contribution in [1.82, 2.24) is 0 Å². The quantitative estimate of drug-likeness (QED) is 0.554. The molecule has 0 N–H and O–H groups in total. The second-order valence-electron chi connectivity index (χ2n) is 4.07. The molecule has 0 amide bonds. The molecule has 0 saturated heterocycles. The van der Waals surface area contributed by atoms with Gasteiger partial charge in [-0.05, 0) is 12.1 Å². The molecule has 2 rings (SSSR count). The smallest absolute Gasteiger partial charge is 0.169 e.